The summed E-state index contributed by atoms with van der Waals surface area (Å²) in [5.41, 5.74) is 0. The molecule has 0 spiro atoms. The summed E-state index contributed by atoms with van der Waals surface area (Å²) in [7, 11) is 0. The van der Waals surface area contributed by atoms with Crippen LogP contribution in [-0.2, 0) is 0 Å². The molecule has 104 valence electrons. The first-order valence-corrected chi connectivity index (χ1v) is 7.97. The Bertz CT molecular complexity index is 281. The molecule has 3 heteroatoms. The second-order valence-electron chi connectivity index (χ2n) is 6.72. The third-order valence-electron chi connectivity index (χ3n) is 5.30. The number of piperazine rings is 1. The smallest absolute Gasteiger partial charge is 0.0224 e. The fraction of sp³-hybridized carbons (Fsp3) is 1.00. The van der Waals surface area contributed by atoms with Gasteiger partial charge in [-0.3, -0.25) is 9.80 Å². The van der Waals surface area contributed by atoms with Gasteiger partial charge in [-0.15, -0.1) is 0 Å². The molecule has 4 unspecified atom stereocenters. The van der Waals surface area contributed by atoms with E-state index in [1.165, 1.54) is 58.3 Å². The summed E-state index contributed by atoms with van der Waals surface area (Å²) in [4.78, 5) is 5.60. The summed E-state index contributed by atoms with van der Waals surface area (Å²) in [6.45, 7) is 9.99. The van der Waals surface area contributed by atoms with E-state index in [0.29, 0.717) is 6.04 Å². The summed E-state index contributed by atoms with van der Waals surface area (Å²) < 4.78 is 0. The highest BCUT2D eigenvalue weighted by Gasteiger charge is 2.37. The molecule has 4 atom stereocenters. The Kier molecular flexibility index (Phi) is 3.92. The molecule has 18 heavy (non-hydrogen) atoms. The van der Waals surface area contributed by atoms with E-state index in [0.717, 1.165) is 18.1 Å². The van der Waals surface area contributed by atoms with Crippen molar-refractivity contribution in [3.8, 4) is 0 Å². The van der Waals surface area contributed by atoms with Gasteiger partial charge in [-0.2, -0.15) is 0 Å². The Balaban J connectivity index is 1.64. The second-order valence-corrected chi connectivity index (χ2v) is 6.72. The zero-order valence-electron chi connectivity index (χ0n) is 12.1. The van der Waals surface area contributed by atoms with Crippen molar-refractivity contribution in [2.24, 2.45) is 0 Å². The molecule has 0 radical (unpaired) electrons. The Hall–Kier alpha value is -0.120. The maximum Gasteiger partial charge on any atom is 0.0224 e. The first kappa shape index (κ1) is 12.9. The molecule has 0 saturated carbocycles. The molecule has 3 fully saturated rings. The highest BCUT2D eigenvalue weighted by Crippen LogP contribution is 2.28. The molecule has 3 saturated heterocycles. The van der Waals surface area contributed by atoms with Gasteiger partial charge in [0.1, 0.15) is 0 Å². The number of fused-ring (bicyclic) bond motifs is 1. The van der Waals surface area contributed by atoms with Gasteiger partial charge in [0.05, 0.1) is 0 Å². The van der Waals surface area contributed by atoms with Crippen LogP contribution in [0.25, 0.3) is 0 Å². The molecule has 0 aromatic rings. The van der Waals surface area contributed by atoms with E-state index in [1.54, 1.807) is 0 Å². The fourth-order valence-electron chi connectivity index (χ4n) is 4.29. The van der Waals surface area contributed by atoms with E-state index >= 15 is 0 Å². The van der Waals surface area contributed by atoms with E-state index in [9.17, 15) is 0 Å². The fourth-order valence-corrected chi connectivity index (χ4v) is 4.29. The van der Waals surface area contributed by atoms with Crippen molar-refractivity contribution in [1.82, 2.24) is 15.1 Å². The topological polar surface area (TPSA) is 18.5 Å². The Morgan fingerprint density at radius 1 is 1.00 bits per heavy atom. The largest absolute Gasteiger partial charge is 0.314 e. The number of piperidine rings is 2. The van der Waals surface area contributed by atoms with Gasteiger partial charge in [-0.25, -0.2) is 0 Å². The third-order valence-corrected chi connectivity index (χ3v) is 5.30. The highest BCUT2D eigenvalue weighted by molar-refractivity contribution is 4.94. The number of nitrogens with zero attached hydrogens (tertiary/aromatic N) is 2. The van der Waals surface area contributed by atoms with Gasteiger partial charge in [0, 0.05) is 37.3 Å². The molecule has 1 N–H and O–H groups in total. The van der Waals surface area contributed by atoms with Crippen LogP contribution in [0.5, 0.6) is 0 Å². The maximum absolute atomic E-state index is 3.59. The third kappa shape index (κ3) is 2.59. The molecule has 0 aliphatic carbocycles. The summed E-state index contributed by atoms with van der Waals surface area (Å²) >= 11 is 0. The van der Waals surface area contributed by atoms with Gasteiger partial charge >= 0.3 is 0 Å². The molecule has 0 bridgehead atoms. The summed E-state index contributed by atoms with van der Waals surface area (Å²) in [6, 6.07) is 3.16. The lowest BCUT2D eigenvalue weighted by molar-refractivity contribution is -0.0172. The van der Waals surface area contributed by atoms with Crippen molar-refractivity contribution in [2.75, 3.05) is 26.2 Å². The molecule has 3 nitrogen and oxygen atoms in total. The molecular formula is C15H29N3. The van der Waals surface area contributed by atoms with Crippen molar-refractivity contribution in [1.29, 1.82) is 0 Å². The first-order chi connectivity index (χ1) is 8.74. The van der Waals surface area contributed by atoms with Gasteiger partial charge in [-0.1, -0.05) is 6.42 Å². The van der Waals surface area contributed by atoms with E-state index in [-0.39, 0.29) is 0 Å². The van der Waals surface area contributed by atoms with Crippen molar-refractivity contribution in [3.05, 3.63) is 0 Å². The molecular weight excluding hydrogens is 222 g/mol. The molecule has 3 rings (SSSR count). The number of nitrogens with one attached hydrogen (secondary N) is 1. The maximum atomic E-state index is 3.59. The van der Waals surface area contributed by atoms with Crippen molar-refractivity contribution in [2.45, 2.75) is 70.1 Å². The summed E-state index contributed by atoms with van der Waals surface area (Å²) in [6.07, 6.45) is 7.00. The Morgan fingerprint density at radius 2 is 1.89 bits per heavy atom. The highest BCUT2D eigenvalue weighted by atomic mass is 15.3. The van der Waals surface area contributed by atoms with Crippen LogP contribution in [0, 0.1) is 0 Å². The van der Waals surface area contributed by atoms with Gasteiger partial charge in [0.25, 0.3) is 0 Å². The van der Waals surface area contributed by atoms with Crippen LogP contribution in [0.3, 0.4) is 0 Å². The van der Waals surface area contributed by atoms with Crippen molar-refractivity contribution < 1.29 is 0 Å². The van der Waals surface area contributed by atoms with Crippen LogP contribution in [0.1, 0.15) is 46.0 Å². The van der Waals surface area contributed by atoms with Crippen molar-refractivity contribution >= 4 is 0 Å². The minimum absolute atomic E-state index is 0.709. The summed E-state index contributed by atoms with van der Waals surface area (Å²) in [5, 5.41) is 3.59. The zero-order valence-corrected chi connectivity index (χ0v) is 12.1. The zero-order chi connectivity index (χ0) is 12.5. The summed E-state index contributed by atoms with van der Waals surface area (Å²) in [5.74, 6) is 0. The Morgan fingerprint density at radius 3 is 2.72 bits per heavy atom. The first-order valence-electron chi connectivity index (χ1n) is 7.97. The molecule has 3 aliphatic heterocycles. The predicted molar refractivity (Wildman–Crippen MR) is 75.9 cm³/mol. The monoisotopic (exact) mass is 251 g/mol. The van der Waals surface area contributed by atoms with Gasteiger partial charge < -0.3 is 5.32 Å². The standard InChI is InChI=1S/C15H29N3/c1-12-9-14(6-7-16-12)18-11-15-5-3-4-8-17(15)10-13(18)2/h12-16H,3-11H2,1-2H3. The number of rotatable bonds is 1. The minimum atomic E-state index is 0.709. The number of hydrogen-bond acceptors (Lipinski definition) is 3. The van der Waals surface area contributed by atoms with Crippen LogP contribution in [-0.4, -0.2) is 60.1 Å². The van der Waals surface area contributed by atoms with Crippen molar-refractivity contribution in [3.63, 3.8) is 0 Å². The minimum Gasteiger partial charge on any atom is -0.314 e. The lowest BCUT2D eigenvalue weighted by Gasteiger charge is -2.51. The van der Waals surface area contributed by atoms with Crippen LogP contribution in [0.15, 0.2) is 0 Å². The normalized spacial score (nSPS) is 43.7. The lowest BCUT2D eigenvalue weighted by atomic mass is 9.92. The Labute approximate surface area is 112 Å². The van der Waals surface area contributed by atoms with E-state index in [2.05, 4.69) is 29.0 Å². The lowest BCUT2D eigenvalue weighted by Crippen LogP contribution is -2.62. The van der Waals surface area contributed by atoms with E-state index < -0.39 is 0 Å². The molecule has 3 heterocycles. The SMILES string of the molecule is CC1CC(N2CC3CCCCN3CC2C)CCN1. The van der Waals surface area contributed by atoms with E-state index in [1.807, 2.05) is 0 Å². The molecule has 0 aromatic heterocycles. The number of hydrogen-bond donors (Lipinski definition) is 1. The average Bonchev–Trinajstić information content (AvgIpc) is 2.38. The van der Waals surface area contributed by atoms with Gasteiger partial charge in [0.2, 0.25) is 0 Å². The van der Waals surface area contributed by atoms with Crippen LogP contribution >= 0.6 is 0 Å². The average molecular weight is 251 g/mol. The molecule has 0 amide bonds. The van der Waals surface area contributed by atoms with Gasteiger partial charge in [-0.05, 0) is 52.6 Å². The predicted octanol–water partition coefficient (Wildman–Crippen LogP) is 1.69. The molecule has 3 aliphatic rings. The van der Waals surface area contributed by atoms with Gasteiger partial charge in [0.15, 0.2) is 0 Å². The van der Waals surface area contributed by atoms with Crippen LogP contribution in [0.2, 0.25) is 0 Å². The molecule has 0 aromatic carbocycles. The van der Waals surface area contributed by atoms with E-state index in [4.69, 9.17) is 0 Å². The second kappa shape index (κ2) is 5.48. The quantitative estimate of drug-likeness (QED) is 0.765. The van der Waals surface area contributed by atoms with Crippen LogP contribution < -0.4 is 5.32 Å². The van der Waals surface area contributed by atoms with Crippen LogP contribution in [0.4, 0.5) is 0 Å².